The maximum absolute atomic E-state index is 12.4. The first-order valence-corrected chi connectivity index (χ1v) is 9.73. The van der Waals surface area contributed by atoms with Crippen LogP contribution in [0.15, 0.2) is 54.6 Å². The number of ether oxygens (including phenoxy) is 1. The number of carbonyl (C=O) groups excluding carboxylic acids is 1. The van der Waals surface area contributed by atoms with E-state index in [1.165, 1.54) is 7.11 Å². The first-order valence-electron chi connectivity index (χ1n) is 9.73. The second-order valence-electron chi connectivity index (χ2n) is 7.12. The Kier molecular flexibility index (Phi) is 5.44. The molecule has 1 N–H and O–H groups in total. The van der Waals surface area contributed by atoms with Crippen LogP contribution in [-0.4, -0.2) is 45.7 Å². The molecule has 0 atom stereocenters. The average Bonchev–Trinajstić information content (AvgIpc) is 3.32. The normalized spacial score (nSPS) is 10.7. The van der Waals surface area contributed by atoms with Crippen molar-refractivity contribution >= 4 is 17.3 Å². The van der Waals surface area contributed by atoms with E-state index in [9.17, 15) is 4.79 Å². The van der Waals surface area contributed by atoms with Crippen molar-refractivity contribution in [3.05, 3.63) is 71.5 Å². The van der Waals surface area contributed by atoms with Gasteiger partial charge >= 0.3 is 5.97 Å². The fourth-order valence-corrected chi connectivity index (χ4v) is 3.64. The molecule has 0 radical (unpaired) electrons. The lowest BCUT2D eigenvalue weighted by Gasteiger charge is -2.23. The van der Waals surface area contributed by atoms with Gasteiger partial charge in [0, 0.05) is 24.0 Å². The minimum absolute atomic E-state index is 0.405. The summed E-state index contributed by atoms with van der Waals surface area (Å²) in [6.07, 6.45) is 0. The van der Waals surface area contributed by atoms with Gasteiger partial charge in [0.2, 0.25) is 5.82 Å². The summed E-state index contributed by atoms with van der Waals surface area (Å²) >= 11 is 0. The van der Waals surface area contributed by atoms with Crippen LogP contribution >= 0.6 is 0 Å². The number of tetrazole rings is 1. The Morgan fingerprint density at radius 3 is 2.39 bits per heavy atom. The zero-order chi connectivity index (χ0) is 22.0. The van der Waals surface area contributed by atoms with Gasteiger partial charge in [0.25, 0.3) is 0 Å². The number of esters is 1. The highest BCUT2D eigenvalue weighted by atomic mass is 16.5. The van der Waals surface area contributed by atoms with E-state index in [2.05, 4.69) is 25.6 Å². The molecule has 2 heterocycles. The summed E-state index contributed by atoms with van der Waals surface area (Å²) < 4.78 is 4.98. The molecule has 2 aromatic heterocycles. The van der Waals surface area contributed by atoms with Crippen LogP contribution in [0.4, 0.5) is 11.4 Å². The van der Waals surface area contributed by atoms with E-state index in [0.29, 0.717) is 17.1 Å². The summed E-state index contributed by atoms with van der Waals surface area (Å²) in [6, 6.07) is 17.9. The maximum Gasteiger partial charge on any atom is 0.341 e. The number of methoxy groups -OCH3 is 1. The molecule has 8 heteroatoms. The molecule has 0 unspecified atom stereocenters. The van der Waals surface area contributed by atoms with E-state index in [1.54, 1.807) is 0 Å². The van der Waals surface area contributed by atoms with Gasteiger partial charge in [-0.1, -0.05) is 36.4 Å². The molecule has 0 fully saturated rings. The molecule has 31 heavy (non-hydrogen) atoms. The molecule has 4 rings (SSSR count). The number of nitrogens with one attached hydrogen (secondary N) is 1. The number of aromatic nitrogens is 5. The molecule has 0 amide bonds. The molecule has 0 bridgehead atoms. The summed E-state index contributed by atoms with van der Waals surface area (Å²) in [5.74, 6) is 0.139. The molecular formula is C23H22N6O2. The molecule has 8 nitrogen and oxygen atoms in total. The predicted molar refractivity (Wildman–Crippen MR) is 118 cm³/mol. The van der Waals surface area contributed by atoms with Gasteiger partial charge in [-0.25, -0.2) is 4.79 Å². The summed E-state index contributed by atoms with van der Waals surface area (Å²) in [7, 11) is 3.30. The minimum Gasteiger partial charge on any atom is -0.465 e. The molecule has 0 spiro atoms. The van der Waals surface area contributed by atoms with Gasteiger partial charge in [-0.3, -0.25) is 4.98 Å². The van der Waals surface area contributed by atoms with E-state index in [1.807, 2.05) is 80.4 Å². The molecule has 0 saturated heterocycles. The second-order valence-corrected chi connectivity index (χ2v) is 7.12. The van der Waals surface area contributed by atoms with Crippen molar-refractivity contribution in [2.75, 3.05) is 19.1 Å². The summed E-state index contributed by atoms with van der Waals surface area (Å²) in [5.41, 5.74) is 6.52. The lowest BCUT2D eigenvalue weighted by molar-refractivity contribution is 0.0600. The Labute approximate surface area is 179 Å². The molecule has 0 aliphatic carbocycles. The summed E-state index contributed by atoms with van der Waals surface area (Å²) in [6.45, 7) is 3.72. The largest absolute Gasteiger partial charge is 0.465 e. The number of nitrogens with zero attached hydrogens (tertiary/aromatic N) is 5. The van der Waals surface area contributed by atoms with Crippen molar-refractivity contribution in [2.24, 2.45) is 0 Å². The van der Waals surface area contributed by atoms with E-state index in [-0.39, 0.29) is 0 Å². The van der Waals surface area contributed by atoms with Crippen LogP contribution in [0.5, 0.6) is 0 Å². The molecular weight excluding hydrogens is 392 g/mol. The predicted octanol–water partition coefficient (Wildman–Crippen LogP) is 4.10. The molecule has 0 aliphatic rings. The van der Waals surface area contributed by atoms with Gasteiger partial charge in [0.15, 0.2) is 0 Å². The first kappa shape index (κ1) is 20.2. The fraction of sp³-hybridized carbons (Fsp3) is 0.174. The lowest BCUT2D eigenvalue weighted by atomic mass is 9.99. The number of benzene rings is 2. The first-order chi connectivity index (χ1) is 15.0. The number of pyridine rings is 1. The SMILES string of the molecule is COC(=O)c1c(N(C)c2ccc(-c3ccccc3-c3nn[nH]n3)cc2)cc(C)nc1C. The fourth-order valence-electron chi connectivity index (χ4n) is 3.64. The van der Waals surface area contributed by atoms with Crippen molar-refractivity contribution in [2.45, 2.75) is 13.8 Å². The highest BCUT2D eigenvalue weighted by Crippen LogP contribution is 2.33. The third kappa shape index (κ3) is 3.87. The van der Waals surface area contributed by atoms with Gasteiger partial charge < -0.3 is 9.64 Å². The molecule has 2 aromatic carbocycles. The number of rotatable bonds is 5. The molecule has 4 aromatic rings. The van der Waals surface area contributed by atoms with Crippen LogP contribution in [0.2, 0.25) is 0 Å². The minimum atomic E-state index is -0.405. The number of hydrogen-bond donors (Lipinski definition) is 1. The monoisotopic (exact) mass is 414 g/mol. The quantitative estimate of drug-likeness (QED) is 0.491. The topological polar surface area (TPSA) is 96.9 Å². The van der Waals surface area contributed by atoms with Crippen molar-refractivity contribution in [3.8, 4) is 22.5 Å². The van der Waals surface area contributed by atoms with Gasteiger partial charge in [-0.2, -0.15) is 5.21 Å². The number of aromatic amines is 1. The Balaban J connectivity index is 1.72. The molecule has 156 valence electrons. The van der Waals surface area contributed by atoms with Gasteiger partial charge in [-0.15, -0.1) is 10.2 Å². The Bertz CT molecular complexity index is 1220. The second kappa shape index (κ2) is 8.35. The number of H-pyrrole nitrogens is 1. The van der Waals surface area contributed by atoms with Gasteiger partial charge in [0.05, 0.1) is 18.5 Å². The van der Waals surface area contributed by atoms with Crippen LogP contribution in [0.3, 0.4) is 0 Å². The van der Waals surface area contributed by atoms with Gasteiger partial charge in [0.1, 0.15) is 5.56 Å². The number of carbonyl (C=O) groups is 1. The maximum atomic E-state index is 12.4. The average molecular weight is 414 g/mol. The third-order valence-electron chi connectivity index (χ3n) is 5.14. The lowest BCUT2D eigenvalue weighted by Crippen LogP contribution is -2.17. The number of anilines is 2. The Hall–Kier alpha value is -4.07. The highest BCUT2D eigenvalue weighted by molar-refractivity contribution is 5.98. The zero-order valence-electron chi connectivity index (χ0n) is 17.7. The standard InChI is InChI=1S/C23H22N6O2/c1-14-13-20(21(15(2)24-14)23(30)31-4)29(3)17-11-9-16(10-12-17)18-7-5-6-8-19(18)22-25-27-28-26-22/h5-13H,1-4H3,(H,25,26,27,28). The van der Waals surface area contributed by atoms with Crippen molar-refractivity contribution in [3.63, 3.8) is 0 Å². The number of aryl methyl sites for hydroxylation is 2. The zero-order valence-corrected chi connectivity index (χ0v) is 17.7. The van der Waals surface area contributed by atoms with Crippen LogP contribution in [0.1, 0.15) is 21.7 Å². The number of hydrogen-bond acceptors (Lipinski definition) is 7. The van der Waals surface area contributed by atoms with Crippen molar-refractivity contribution < 1.29 is 9.53 Å². The van der Waals surface area contributed by atoms with Gasteiger partial charge in [-0.05, 0) is 48.4 Å². The smallest absolute Gasteiger partial charge is 0.341 e. The molecule has 0 aliphatic heterocycles. The molecule has 0 saturated carbocycles. The van der Waals surface area contributed by atoms with E-state index in [0.717, 1.165) is 33.8 Å². The van der Waals surface area contributed by atoms with Crippen LogP contribution < -0.4 is 4.90 Å². The Morgan fingerprint density at radius 1 is 1.03 bits per heavy atom. The van der Waals surface area contributed by atoms with Crippen LogP contribution in [-0.2, 0) is 4.74 Å². The van der Waals surface area contributed by atoms with Crippen LogP contribution in [0.25, 0.3) is 22.5 Å². The van der Waals surface area contributed by atoms with E-state index in [4.69, 9.17) is 4.74 Å². The van der Waals surface area contributed by atoms with Crippen molar-refractivity contribution in [1.29, 1.82) is 0 Å². The highest BCUT2D eigenvalue weighted by Gasteiger charge is 2.20. The Morgan fingerprint density at radius 2 is 1.74 bits per heavy atom. The summed E-state index contributed by atoms with van der Waals surface area (Å²) in [4.78, 5) is 18.8. The third-order valence-corrected chi connectivity index (χ3v) is 5.14. The summed E-state index contributed by atoms with van der Waals surface area (Å²) in [5, 5.41) is 14.4. The van der Waals surface area contributed by atoms with E-state index < -0.39 is 5.97 Å². The van der Waals surface area contributed by atoms with Crippen LogP contribution in [0, 0.1) is 13.8 Å². The van der Waals surface area contributed by atoms with E-state index >= 15 is 0 Å². The van der Waals surface area contributed by atoms with Crippen molar-refractivity contribution in [1.82, 2.24) is 25.6 Å².